The summed E-state index contributed by atoms with van der Waals surface area (Å²) in [6, 6.07) is 14.8. The minimum Gasteiger partial charge on any atom is -0.320 e. The van der Waals surface area contributed by atoms with E-state index in [1.165, 1.54) is 12.1 Å². The maximum atomic E-state index is 11.9. The number of benzene rings is 2. The molecule has 0 atom stereocenters. The van der Waals surface area contributed by atoms with Crippen molar-refractivity contribution in [2.45, 2.75) is 11.3 Å². The zero-order chi connectivity index (χ0) is 14.4. The van der Waals surface area contributed by atoms with Gasteiger partial charge in [0.2, 0.25) is 0 Å². The monoisotopic (exact) mass is 313 g/mol. The van der Waals surface area contributed by atoms with Crippen LogP contribution in [-0.4, -0.2) is 38.0 Å². The summed E-state index contributed by atoms with van der Waals surface area (Å²) in [5, 5.41) is 0. The molecule has 0 fully saturated rings. The van der Waals surface area contributed by atoms with Gasteiger partial charge in [0, 0.05) is 35.1 Å². The Kier molecular flexibility index (Phi) is 7.14. The van der Waals surface area contributed by atoms with Gasteiger partial charge >= 0.3 is 10.1 Å². The van der Waals surface area contributed by atoms with E-state index in [0.717, 1.165) is 5.56 Å². The van der Waals surface area contributed by atoms with Gasteiger partial charge in [0.25, 0.3) is 0 Å². The molecule has 0 bridgehead atoms. The normalized spacial score (nSPS) is 10.5. The fourth-order valence-corrected chi connectivity index (χ4v) is 2.35. The fraction of sp³-hybridized carbons (Fsp3) is 0.0667. The fourth-order valence-electron chi connectivity index (χ4n) is 1.62. The molecule has 105 valence electrons. The second kappa shape index (κ2) is 8.36. The van der Waals surface area contributed by atoms with Crippen LogP contribution in [0.2, 0.25) is 0 Å². The third-order valence-electron chi connectivity index (χ3n) is 2.58. The molecule has 2 aromatic carbocycles. The Morgan fingerprint density at radius 3 is 2.29 bits per heavy atom. The Bertz CT molecular complexity index is 684. The molecule has 0 spiro atoms. The van der Waals surface area contributed by atoms with E-state index in [2.05, 4.69) is 10.9 Å². The molecule has 0 N–H and O–H groups in total. The van der Waals surface area contributed by atoms with Crippen LogP contribution in [-0.2, 0) is 20.9 Å². The first-order chi connectivity index (χ1) is 9.63. The first kappa shape index (κ1) is 17.9. The van der Waals surface area contributed by atoms with Crippen LogP contribution in [0, 0.1) is 0 Å². The summed E-state index contributed by atoms with van der Waals surface area (Å²) in [4.78, 5) is 5.02. The molecular weight excluding hydrogens is 299 g/mol. The molecule has 21 heavy (non-hydrogen) atoms. The van der Waals surface area contributed by atoms with Gasteiger partial charge in [-0.2, -0.15) is 8.42 Å². The number of hydrogen-bond donors (Lipinski definition) is 0. The molecule has 0 aromatic heterocycles. The average molecular weight is 313 g/mol. The Hall–Kier alpha value is -1.11. The van der Waals surface area contributed by atoms with E-state index in [1.807, 2.05) is 12.1 Å². The van der Waals surface area contributed by atoms with Crippen molar-refractivity contribution in [3.05, 3.63) is 72.8 Å². The molecule has 2 rings (SSSR count). The molecule has 0 aliphatic carbocycles. The van der Waals surface area contributed by atoms with Crippen molar-refractivity contribution in [1.82, 2.24) is 0 Å². The van der Waals surface area contributed by atoms with Gasteiger partial charge < -0.3 is 4.89 Å². The molecule has 0 aliphatic rings. The minimum absolute atomic E-state index is 0. The van der Waals surface area contributed by atoms with Gasteiger partial charge in [0.1, 0.15) is 0 Å². The third kappa shape index (κ3) is 4.98. The molecule has 6 heteroatoms. The van der Waals surface area contributed by atoms with Gasteiger partial charge in [-0.25, -0.2) is 0 Å². The Morgan fingerprint density at radius 2 is 1.62 bits per heavy atom. The van der Waals surface area contributed by atoms with Crippen molar-refractivity contribution >= 4 is 39.7 Å². The second-order valence-electron chi connectivity index (χ2n) is 4.02. The van der Waals surface area contributed by atoms with Crippen molar-refractivity contribution in [2.24, 2.45) is 0 Å². The summed E-state index contributed by atoms with van der Waals surface area (Å²) in [6.07, 6.45) is 2.26. The molecule has 0 saturated carbocycles. The predicted octanol–water partition coefficient (Wildman–Crippen LogP) is 2.73. The van der Waals surface area contributed by atoms with Crippen LogP contribution in [0.3, 0.4) is 0 Å². The predicted molar refractivity (Wildman–Crippen MR) is 81.4 cm³/mol. The summed E-state index contributed by atoms with van der Waals surface area (Å²) in [5.74, 6) is 0.354. The Labute approximate surface area is 146 Å². The summed E-state index contributed by atoms with van der Waals surface area (Å²) in [7, 11) is -3.94. The zero-order valence-electron chi connectivity index (χ0n) is 11.7. The van der Waals surface area contributed by atoms with Gasteiger partial charge in [-0.15, -0.1) is 6.58 Å². The van der Waals surface area contributed by atoms with E-state index in [0.29, 0.717) is 12.2 Å². The zero-order valence-corrected chi connectivity index (χ0v) is 14.5. The van der Waals surface area contributed by atoms with Crippen molar-refractivity contribution in [2.75, 3.05) is 0 Å². The molecule has 0 heterocycles. The van der Waals surface area contributed by atoms with Crippen LogP contribution >= 0.6 is 0 Å². The largest absolute Gasteiger partial charge is 0.332 e. The smallest absolute Gasteiger partial charge is 0.320 e. The average Bonchev–Trinajstić information content (AvgIpc) is 2.48. The third-order valence-corrected chi connectivity index (χ3v) is 3.68. The van der Waals surface area contributed by atoms with E-state index in [9.17, 15) is 8.42 Å². The maximum absolute atomic E-state index is 11.9. The quantitative estimate of drug-likeness (QED) is 0.356. The first-order valence-corrected chi connectivity index (χ1v) is 7.39. The van der Waals surface area contributed by atoms with Crippen LogP contribution < -0.4 is 4.89 Å². The number of hydrogen-bond acceptors (Lipinski definition) is 4. The molecule has 0 amide bonds. The van der Waals surface area contributed by atoms with Gasteiger partial charge in [0.05, 0.1) is 4.90 Å². The number of para-hydroxylation sites is 1. The van der Waals surface area contributed by atoms with E-state index in [4.69, 9.17) is 4.89 Å². The summed E-state index contributed by atoms with van der Waals surface area (Å²) < 4.78 is 28.4. The van der Waals surface area contributed by atoms with Crippen molar-refractivity contribution in [3.8, 4) is 5.75 Å². The van der Waals surface area contributed by atoms with Crippen molar-refractivity contribution < 1.29 is 17.6 Å². The molecule has 0 unspecified atom stereocenters. The van der Waals surface area contributed by atoms with Crippen molar-refractivity contribution in [1.29, 1.82) is 0 Å². The Morgan fingerprint density at radius 1 is 1.00 bits per heavy atom. The van der Waals surface area contributed by atoms with Crippen LogP contribution in [0.4, 0.5) is 0 Å². The summed E-state index contributed by atoms with van der Waals surface area (Å²) >= 11 is 0. The summed E-state index contributed by atoms with van der Waals surface area (Å²) in [6.45, 7) is 3.64. The van der Waals surface area contributed by atoms with Gasteiger partial charge in [0.15, 0.2) is 5.75 Å². The molecule has 4 nitrogen and oxygen atoms in total. The van der Waals surface area contributed by atoms with Crippen LogP contribution in [0.1, 0.15) is 5.56 Å². The summed E-state index contributed by atoms with van der Waals surface area (Å²) in [5.41, 5.74) is 0.797. The molecule has 0 aliphatic heterocycles. The maximum Gasteiger partial charge on any atom is 0.332 e. The number of rotatable bonds is 6. The van der Waals surface area contributed by atoms with E-state index >= 15 is 0 Å². The topological polar surface area (TPSA) is 52.6 Å². The van der Waals surface area contributed by atoms with Gasteiger partial charge in [-0.05, 0) is 24.6 Å². The SMILES string of the molecule is C=CCc1ccccc1OOS(=O)(=O)c1ccccc1.[Na]. The van der Waals surface area contributed by atoms with E-state index < -0.39 is 10.1 Å². The Balaban J connectivity index is 0.00000220. The standard InChI is InChI=1S/C15H14O4S.Na/c1-2-8-13-9-6-7-12-15(13)18-19-20(16,17)14-10-4-3-5-11-14;/h2-7,9-12H,1,8H2;. The van der Waals surface area contributed by atoms with Crippen LogP contribution in [0.15, 0.2) is 72.1 Å². The molecule has 2 aromatic rings. The molecule has 0 saturated heterocycles. The number of allylic oxidation sites excluding steroid dienone is 1. The second-order valence-corrected chi connectivity index (χ2v) is 5.53. The van der Waals surface area contributed by atoms with Crippen LogP contribution in [0.5, 0.6) is 5.75 Å². The van der Waals surface area contributed by atoms with E-state index in [1.54, 1.807) is 36.4 Å². The van der Waals surface area contributed by atoms with Crippen molar-refractivity contribution in [3.63, 3.8) is 0 Å². The minimum atomic E-state index is -3.94. The molecular formula is C15H14NaO4S. The van der Waals surface area contributed by atoms with Crippen LogP contribution in [0.25, 0.3) is 0 Å². The van der Waals surface area contributed by atoms with Gasteiger partial charge in [-0.1, -0.05) is 46.8 Å². The van der Waals surface area contributed by atoms with Gasteiger partial charge in [-0.3, -0.25) is 0 Å². The molecule has 1 radical (unpaired) electrons. The first-order valence-electron chi connectivity index (χ1n) is 5.98. The van der Waals surface area contributed by atoms with E-state index in [-0.39, 0.29) is 34.5 Å².